The number of nitrogens with zero attached hydrogens (tertiary/aromatic N) is 4. The fourth-order valence-electron chi connectivity index (χ4n) is 10.2. The molecule has 1 aromatic heterocycles. The second-order valence-electron chi connectivity index (χ2n) is 14.2. The SMILES string of the molecule is COc1nccnc1N1CCN(C(=O)CCC(C)[C@H]2CC[C@H]3[C@@H]4CC=C5C[C@@H](O)CC[C@]5(C)[C@H]4CC[C@]23C)CC1. The predicted octanol–water partition coefficient (Wildman–Crippen LogP) is 5.49. The molecule has 1 N–H and O–H groups in total. The molecule has 1 amide bonds. The van der Waals surface area contributed by atoms with E-state index in [1.165, 1.54) is 32.1 Å². The summed E-state index contributed by atoms with van der Waals surface area (Å²) in [6.45, 7) is 10.5. The Kier molecular flexibility index (Phi) is 7.64. The smallest absolute Gasteiger partial charge is 0.257 e. The van der Waals surface area contributed by atoms with Crippen molar-refractivity contribution in [3.63, 3.8) is 0 Å². The molecule has 1 saturated heterocycles. The van der Waals surface area contributed by atoms with Crippen LogP contribution in [0, 0.1) is 40.4 Å². The topological polar surface area (TPSA) is 78.8 Å². The van der Waals surface area contributed by atoms with Crippen molar-refractivity contribution in [2.75, 3.05) is 38.2 Å². The average Bonchev–Trinajstić information content (AvgIpc) is 3.33. The molecule has 1 aliphatic heterocycles. The largest absolute Gasteiger partial charge is 0.478 e. The lowest BCUT2D eigenvalue weighted by Gasteiger charge is -2.58. The zero-order chi connectivity index (χ0) is 28.1. The van der Waals surface area contributed by atoms with E-state index in [-0.39, 0.29) is 6.10 Å². The number of ether oxygens (including phenoxy) is 1. The molecule has 5 aliphatic rings. The molecule has 1 unspecified atom stereocenters. The van der Waals surface area contributed by atoms with Crippen LogP contribution in [0.1, 0.15) is 85.0 Å². The highest BCUT2D eigenvalue weighted by molar-refractivity contribution is 5.76. The molecule has 220 valence electrons. The summed E-state index contributed by atoms with van der Waals surface area (Å²) in [5.41, 5.74) is 2.28. The number of allylic oxidation sites excluding steroid dienone is 1. The van der Waals surface area contributed by atoms with Crippen LogP contribution in [0.3, 0.4) is 0 Å². The Labute approximate surface area is 240 Å². The second kappa shape index (κ2) is 10.9. The Hall–Kier alpha value is -2.15. The molecular weight excluding hydrogens is 500 g/mol. The van der Waals surface area contributed by atoms with Crippen molar-refractivity contribution in [3.05, 3.63) is 24.0 Å². The summed E-state index contributed by atoms with van der Waals surface area (Å²) < 4.78 is 5.39. The van der Waals surface area contributed by atoms with E-state index >= 15 is 0 Å². The third kappa shape index (κ3) is 4.74. The summed E-state index contributed by atoms with van der Waals surface area (Å²) in [5.74, 6) is 5.31. The molecule has 4 aliphatic carbocycles. The standard InChI is InChI=1S/C33H50N4O3/c1-22(5-10-29(39)36-17-19-37(20-18-36)30-31(40-4)35-16-15-34-30)26-8-9-27-25-7-6-23-21-24(38)11-13-32(23,2)28(25)12-14-33(26,27)3/h6,15-16,22,24-28,38H,5,7-14,17-21H2,1-4H3/t22?,24-,25-,26+,27-,28-,32-,33+/m0/s1. The third-order valence-electron chi connectivity index (χ3n) is 12.4. The van der Waals surface area contributed by atoms with E-state index in [9.17, 15) is 9.90 Å². The van der Waals surface area contributed by atoms with Crippen molar-refractivity contribution in [2.24, 2.45) is 40.4 Å². The van der Waals surface area contributed by atoms with Crippen LogP contribution in [0.25, 0.3) is 0 Å². The number of aromatic nitrogens is 2. The first-order chi connectivity index (χ1) is 19.2. The number of piperazine rings is 1. The van der Waals surface area contributed by atoms with E-state index in [1.807, 2.05) is 4.90 Å². The zero-order valence-corrected chi connectivity index (χ0v) is 25.1. The van der Waals surface area contributed by atoms with Gasteiger partial charge in [0.15, 0.2) is 5.82 Å². The van der Waals surface area contributed by atoms with Gasteiger partial charge in [-0.2, -0.15) is 0 Å². The van der Waals surface area contributed by atoms with Crippen LogP contribution in [0.4, 0.5) is 5.82 Å². The van der Waals surface area contributed by atoms with E-state index in [0.717, 1.165) is 81.4 Å². The maximum Gasteiger partial charge on any atom is 0.257 e. The van der Waals surface area contributed by atoms with Gasteiger partial charge in [-0.1, -0.05) is 32.4 Å². The third-order valence-corrected chi connectivity index (χ3v) is 12.4. The molecule has 3 saturated carbocycles. The van der Waals surface area contributed by atoms with Crippen LogP contribution in [-0.4, -0.2) is 65.3 Å². The van der Waals surface area contributed by atoms with E-state index in [0.29, 0.717) is 35.0 Å². The van der Waals surface area contributed by atoms with E-state index in [2.05, 4.69) is 41.7 Å². The molecule has 40 heavy (non-hydrogen) atoms. The quantitative estimate of drug-likeness (QED) is 0.472. The lowest BCUT2D eigenvalue weighted by Crippen LogP contribution is -2.51. The fraction of sp³-hybridized carbons (Fsp3) is 0.788. The Morgan fingerprint density at radius 1 is 1.07 bits per heavy atom. The van der Waals surface area contributed by atoms with Gasteiger partial charge in [0.2, 0.25) is 5.91 Å². The second-order valence-corrected chi connectivity index (χ2v) is 14.2. The highest BCUT2D eigenvalue weighted by Crippen LogP contribution is 2.67. The van der Waals surface area contributed by atoms with Crippen molar-refractivity contribution in [2.45, 2.75) is 91.1 Å². The number of amides is 1. The van der Waals surface area contributed by atoms with Crippen molar-refractivity contribution >= 4 is 11.7 Å². The number of rotatable bonds is 6. The van der Waals surface area contributed by atoms with Gasteiger partial charge in [-0.3, -0.25) is 4.79 Å². The van der Waals surface area contributed by atoms with Gasteiger partial charge in [-0.15, -0.1) is 0 Å². The van der Waals surface area contributed by atoms with E-state index in [1.54, 1.807) is 25.1 Å². The van der Waals surface area contributed by atoms with Crippen molar-refractivity contribution in [3.8, 4) is 5.88 Å². The number of fused-ring (bicyclic) bond motifs is 5. The predicted molar refractivity (Wildman–Crippen MR) is 157 cm³/mol. The molecule has 4 fully saturated rings. The van der Waals surface area contributed by atoms with Gasteiger partial charge in [-0.25, -0.2) is 9.97 Å². The van der Waals surface area contributed by atoms with Crippen LogP contribution >= 0.6 is 0 Å². The fourth-order valence-corrected chi connectivity index (χ4v) is 10.2. The number of methoxy groups -OCH3 is 1. The van der Waals surface area contributed by atoms with Gasteiger partial charge >= 0.3 is 0 Å². The Morgan fingerprint density at radius 3 is 2.62 bits per heavy atom. The molecule has 6 rings (SSSR count). The summed E-state index contributed by atoms with van der Waals surface area (Å²) in [6.07, 6.45) is 17.0. The summed E-state index contributed by atoms with van der Waals surface area (Å²) in [4.78, 5) is 26.2. The van der Waals surface area contributed by atoms with Gasteiger partial charge in [-0.05, 0) is 98.2 Å². The highest BCUT2D eigenvalue weighted by Gasteiger charge is 2.59. The minimum Gasteiger partial charge on any atom is -0.478 e. The van der Waals surface area contributed by atoms with Crippen LogP contribution < -0.4 is 9.64 Å². The molecule has 7 heteroatoms. The molecule has 0 bridgehead atoms. The highest BCUT2D eigenvalue weighted by atomic mass is 16.5. The number of hydrogen-bond donors (Lipinski definition) is 1. The monoisotopic (exact) mass is 550 g/mol. The van der Waals surface area contributed by atoms with Gasteiger partial charge in [0.1, 0.15) is 0 Å². The van der Waals surface area contributed by atoms with Crippen LogP contribution in [0.2, 0.25) is 0 Å². The van der Waals surface area contributed by atoms with Crippen LogP contribution in [0.15, 0.2) is 24.0 Å². The van der Waals surface area contributed by atoms with Gasteiger partial charge in [0, 0.05) is 45.0 Å². The number of aliphatic hydroxyl groups excluding tert-OH is 1. The lowest BCUT2D eigenvalue weighted by molar-refractivity contribution is -0.132. The number of anilines is 1. The normalized spacial score (nSPS) is 38.1. The molecule has 2 heterocycles. The Morgan fingerprint density at radius 2 is 1.85 bits per heavy atom. The average molecular weight is 551 g/mol. The molecule has 0 radical (unpaired) electrons. The van der Waals surface area contributed by atoms with Crippen molar-refractivity contribution < 1.29 is 14.6 Å². The number of hydrogen-bond acceptors (Lipinski definition) is 6. The first-order valence-electron chi connectivity index (χ1n) is 16.0. The Balaban J connectivity index is 1.04. The van der Waals surface area contributed by atoms with Crippen LogP contribution in [-0.2, 0) is 4.79 Å². The minimum absolute atomic E-state index is 0.130. The van der Waals surface area contributed by atoms with Gasteiger partial charge in [0.25, 0.3) is 5.88 Å². The van der Waals surface area contributed by atoms with Gasteiger partial charge in [0.05, 0.1) is 13.2 Å². The number of carbonyl (C=O) groups is 1. The summed E-state index contributed by atoms with van der Waals surface area (Å²) >= 11 is 0. The molecule has 0 spiro atoms. The number of carbonyl (C=O) groups excluding carboxylic acids is 1. The first-order valence-corrected chi connectivity index (χ1v) is 16.0. The van der Waals surface area contributed by atoms with Crippen LogP contribution in [0.5, 0.6) is 5.88 Å². The van der Waals surface area contributed by atoms with E-state index in [4.69, 9.17) is 4.74 Å². The molecule has 1 aromatic rings. The van der Waals surface area contributed by atoms with Crippen molar-refractivity contribution in [1.29, 1.82) is 0 Å². The first kappa shape index (κ1) is 28.0. The maximum absolute atomic E-state index is 13.3. The molecular formula is C33H50N4O3. The van der Waals surface area contributed by atoms with Crippen molar-refractivity contribution in [1.82, 2.24) is 14.9 Å². The summed E-state index contributed by atoms with van der Waals surface area (Å²) in [5, 5.41) is 10.3. The Bertz CT molecular complexity index is 1120. The minimum atomic E-state index is -0.130. The lowest BCUT2D eigenvalue weighted by atomic mass is 9.47. The maximum atomic E-state index is 13.3. The summed E-state index contributed by atoms with van der Waals surface area (Å²) in [7, 11) is 1.62. The van der Waals surface area contributed by atoms with E-state index < -0.39 is 0 Å². The number of aliphatic hydroxyl groups is 1. The molecule has 7 nitrogen and oxygen atoms in total. The van der Waals surface area contributed by atoms with Gasteiger partial charge < -0.3 is 19.6 Å². The zero-order valence-electron chi connectivity index (χ0n) is 25.1. The molecule has 8 atom stereocenters. The summed E-state index contributed by atoms with van der Waals surface area (Å²) in [6, 6.07) is 0. The molecule has 0 aromatic carbocycles.